The molecule has 114 valence electrons. The number of aromatic nitrogens is 1. The zero-order valence-corrected chi connectivity index (χ0v) is 12.8. The number of carbonyl (C=O) groups is 1. The second-order valence-corrected chi connectivity index (χ2v) is 4.84. The van der Waals surface area contributed by atoms with Crippen molar-refractivity contribution in [3.63, 3.8) is 0 Å². The second kappa shape index (κ2) is 7.81. The van der Waals surface area contributed by atoms with Gasteiger partial charge in [-0.1, -0.05) is 6.92 Å². The van der Waals surface area contributed by atoms with Gasteiger partial charge >= 0.3 is 0 Å². The molecule has 0 saturated carbocycles. The van der Waals surface area contributed by atoms with E-state index in [4.69, 9.17) is 11.0 Å². The van der Waals surface area contributed by atoms with E-state index in [0.717, 1.165) is 5.82 Å². The molecule has 1 fully saturated rings. The van der Waals surface area contributed by atoms with E-state index in [1.165, 1.54) is 0 Å². The highest BCUT2D eigenvalue weighted by atomic mass is 35.5. The third-order valence-corrected chi connectivity index (χ3v) is 3.55. The molecular formula is C14H20ClN5O. The summed E-state index contributed by atoms with van der Waals surface area (Å²) in [4.78, 5) is 20.2. The Morgan fingerprint density at radius 1 is 1.48 bits per heavy atom. The molecule has 2 heterocycles. The monoisotopic (exact) mass is 309 g/mol. The summed E-state index contributed by atoms with van der Waals surface area (Å²) in [7, 11) is 0. The summed E-state index contributed by atoms with van der Waals surface area (Å²) in [5.74, 6) is 0.807. The van der Waals surface area contributed by atoms with Gasteiger partial charge in [-0.3, -0.25) is 4.79 Å². The Kier molecular flexibility index (Phi) is 6.40. The second-order valence-electron chi connectivity index (χ2n) is 4.84. The molecule has 0 unspecified atom stereocenters. The standard InChI is InChI=1S/C14H19N5O.ClH/c1-2-12(16)14(20)19-7-5-18(6-8-19)13-9-11(10-15)3-4-17-13;/h3-4,9,12H,2,5-8,16H2,1H3;1H/t12-;/m0./s1. The lowest BCUT2D eigenvalue weighted by molar-refractivity contribution is -0.132. The van der Waals surface area contributed by atoms with Crippen molar-refractivity contribution in [1.29, 1.82) is 5.26 Å². The van der Waals surface area contributed by atoms with Gasteiger partial charge in [0.15, 0.2) is 0 Å². The van der Waals surface area contributed by atoms with Crippen molar-refractivity contribution >= 4 is 24.1 Å². The molecule has 2 N–H and O–H groups in total. The van der Waals surface area contributed by atoms with Crippen LogP contribution in [0.25, 0.3) is 0 Å². The summed E-state index contributed by atoms with van der Waals surface area (Å²) >= 11 is 0. The average molecular weight is 310 g/mol. The molecule has 1 aromatic heterocycles. The van der Waals surface area contributed by atoms with Gasteiger partial charge in [0.05, 0.1) is 17.7 Å². The summed E-state index contributed by atoms with van der Waals surface area (Å²) < 4.78 is 0. The number of anilines is 1. The normalized spacial score (nSPS) is 15.9. The van der Waals surface area contributed by atoms with Gasteiger partial charge in [0.25, 0.3) is 0 Å². The number of rotatable bonds is 3. The van der Waals surface area contributed by atoms with E-state index < -0.39 is 6.04 Å². The van der Waals surface area contributed by atoms with Crippen LogP contribution in [0.4, 0.5) is 5.82 Å². The van der Waals surface area contributed by atoms with Gasteiger partial charge in [-0.05, 0) is 18.6 Å². The molecule has 1 atom stereocenters. The fourth-order valence-corrected chi connectivity index (χ4v) is 2.23. The Bertz CT molecular complexity index is 522. The Morgan fingerprint density at radius 2 is 2.14 bits per heavy atom. The number of nitrogens with zero attached hydrogens (tertiary/aromatic N) is 4. The largest absolute Gasteiger partial charge is 0.353 e. The van der Waals surface area contributed by atoms with E-state index in [-0.39, 0.29) is 18.3 Å². The summed E-state index contributed by atoms with van der Waals surface area (Å²) in [6.45, 7) is 4.63. The van der Waals surface area contributed by atoms with Crippen molar-refractivity contribution in [2.75, 3.05) is 31.1 Å². The van der Waals surface area contributed by atoms with Gasteiger partial charge in [0, 0.05) is 32.4 Å². The first-order valence-corrected chi connectivity index (χ1v) is 6.81. The number of nitriles is 1. The zero-order valence-electron chi connectivity index (χ0n) is 12.0. The van der Waals surface area contributed by atoms with Crippen molar-refractivity contribution in [3.8, 4) is 6.07 Å². The molecule has 0 spiro atoms. The zero-order chi connectivity index (χ0) is 14.5. The number of piperazine rings is 1. The third-order valence-electron chi connectivity index (χ3n) is 3.55. The number of hydrogen-bond acceptors (Lipinski definition) is 5. The summed E-state index contributed by atoms with van der Waals surface area (Å²) in [5.41, 5.74) is 6.38. The quantitative estimate of drug-likeness (QED) is 0.891. The van der Waals surface area contributed by atoms with Crippen LogP contribution in [0.2, 0.25) is 0 Å². The highest BCUT2D eigenvalue weighted by Crippen LogP contribution is 2.15. The van der Waals surface area contributed by atoms with Crippen molar-refractivity contribution < 1.29 is 4.79 Å². The number of amides is 1. The van der Waals surface area contributed by atoms with E-state index in [9.17, 15) is 4.79 Å². The topological polar surface area (TPSA) is 86.3 Å². The first kappa shape index (κ1) is 17.2. The van der Waals surface area contributed by atoms with Crippen molar-refractivity contribution in [2.24, 2.45) is 5.73 Å². The smallest absolute Gasteiger partial charge is 0.239 e. The molecule has 0 aliphatic carbocycles. The van der Waals surface area contributed by atoms with Gasteiger partial charge in [-0.25, -0.2) is 4.98 Å². The van der Waals surface area contributed by atoms with E-state index in [0.29, 0.717) is 38.2 Å². The Balaban J connectivity index is 0.00000220. The number of carbonyl (C=O) groups excluding carboxylic acids is 1. The van der Waals surface area contributed by atoms with E-state index in [1.54, 1.807) is 23.2 Å². The maximum absolute atomic E-state index is 12.0. The fraction of sp³-hybridized carbons (Fsp3) is 0.500. The van der Waals surface area contributed by atoms with Crippen LogP contribution in [-0.2, 0) is 4.79 Å². The predicted octanol–water partition coefficient (Wildman–Crippen LogP) is 0.761. The molecule has 6 nitrogen and oxygen atoms in total. The molecule has 1 saturated heterocycles. The molecule has 7 heteroatoms. The Morgan fingerprint density at radius 3 is 2.71 bits per heavy atom. The van der Waals surface area contributed by atoms with Crippen molar-refractivity contribution in [3.05, 3.63) is 23.9 Å². The molecule has 1 aliphatic rings. The van der Waals surface area contributed by atoms with Gasteiger partial charge in [0.1, 0.15) is 5.82 Å². The molecule has 0 aromatic carbocycles. The van der Waals surface area contributed by atoms with Crippen LogP contribution in [0, 0.1) is 11.3 Å². The molecule has 21 heavy (non-hydrogen) atoms. The van der Waals surface area contributed by atoms with Gasteiger partial charge < -0.3 is 15.5 Å². The lowest BCUT2D eigenvalue weighted by atomic mass is 10.2. The molecule has 1 amide bonds. The number of pyridine rings is 1. The maximum atomic E-state index is 12.0. The molecule has 2 rings (SSSR count). The van der Waals surface area contributed by atoms with Crippen LogP contribution in [0.1, 0.15) is 18.9 Å². The van der Waals surface area contributed by atoms with Crippen LogP contribution in [0.3, 0.4) is 0 Å². The first-order valence-electron chi connectivity index (χ1n) is 6.81. The Hall–Kier alpha value is -1.84. The van der Waals surface area contributed by atoms with Crippen molar-refractivity contribution in [2.45, 2.75) is 19.4 Å². The van der Waals surface area contributed by atoms with Crippen LogP contribution in [0.15, 0.2) is 18.3 Å². The lowest BCUT2D eigenvalue weighted by Crippen LogP contribution is -2.53. The van der Waals surface area contributed by atoms with Crippen LogP contribution in [0.5, 0.6) is 0 Å². The minimum Gasteiger partial charge on any atom is -0.353 e. The number of hydrogen-bond donors (Lipinski definition) is 1. The van der Waals surface area contributed by atoms with Crippen LogP contribution < -0.4 is 10.6 Å². The third kappa shape index (κ3) is 4.06. The Labute approximate surface area is 130 Å². The molecule has 1 aromatic rings. The van der Waals surface area contributed by atoms with E-state index in [1.807, 2.05) is 6.92 Å². The summed E-state index contributed by atoms with van der Waals surface area (Å²) in [6.07, 6.45) is 2.29. The molecule has 1 aliphatic heterocycles. The van der Waals surface area contributed by atoms with Gasteiger partial charge in [0.2, 0.25) is 5.91 Å². The molecular weight excluding hydrogens is 290 g/mol. The van der Waals surface area contributed by atoms with Crippen LogP contribution in [-0.4, -0.2) is 48.0 Å². The summed E-state index contributed by atoms with van der Waals surface area (Å²) in [5, 5.41) is 8.90. The average Bonchev–Trinajstić information content (AvgIpc) is 2.53. The highest BCUT2D eigenvalue weighted by Gasteiger charge is 2.24. The van der Waals surface area contributed by atoms with Crippen LogP contribution >= 0.6 is 12.4 Å². The first-order chi connectivity index (χ1) is 9.65. The molecule has 0 radical (unpaired) electrons. The van der Waals surface area contributed by atoms with E-state index in [2.05, 4.69) is 16.0 Å². The number of nitrogens with two attached hydrogens (primary N) is 1. The highest BCUT2D eigenvalue weighted by molar-refractivity contribution is 5.85. The SMILES string of the molecule is CC[C@H](N)C(=O)N1CCN(c2cc(C#N)ccn2)CC1.Cl. The van der Waals surface area contributed by atoms with Gasteiger partial charge in [-0.2, -0.15) is 5.26 Å². The van der Waals surface area contributed by atoms with Crippen molar-refractivity contribution in [1.82, 2.24) is 9.88 Å². The minimum atomic E-state index is -0.401. The predicted molar refractivity (Wildman–Crippen MR) is 83.3 cm³/mol. The van der Waals surface area contributed by atoms with E-state index >= 15 is 0 Å². The fourth-order valence-electron chi connectivity index (χ4n) is 2.23. The minimum absolute atomic E-state index is 0. The molecule has 0 bridgehead atoms. The van der Waals surface area contributed by atoms with Gasteiger partial charge in [-0.15, -0.1) is 12.4 Å². The number of halogens is 1. The maximum Gasteiger partial charge on any atom is 0.239 e. The lowest BCUT2D eigenvalue weighted by Gasteiger charge is -2.36. The summed E-state index contributed by atoms with van der Waals surface area (Å²) in [6, 6.07) is 5.16.